The molecule has 0 bridgehead atoms. The van der Waals surface area contributed by atoms with Gasteiger partial charge in [0.1, 0.15) is 0 Å². The summed E-state index contributed by atoms with van der Waals surface area (Å²) in [7, 11) is 1.33. The second kappa shape index (κ2) is 6.39. The Bertz CT molecular complexity index is 756. The smallest absolute Gasteiger partial charge is 0.330 e. The van der Waals surface area contributed by atoms with Gasteiger partial charge in [0.25, 0.3) is 5.56 Å². The summed E-state index contributed by atoms with van der Waals surface area (Å²) >= 11 is 0. The van der Waals surface area contributed by atoms with Gasteiger partial charge in [-0.3, -0.25) is 4.79 Å². The highest BCUT2D eigenvalue weighted by Crippen LogP contribution is 2.19. The number of carbonyl (C=O) groups excluding carboxylic acids is 1. The molecule has 0 unspecified atom stereocenters. The first kappa shape index (κ1) is 15.0. The third kappa shape index (κ3) is 3.21. The van der Waals surface area contributed by atoms with Crippen molar-refractivity contribution in [2.75, 3.05) is 7.11 Å². The topological polar surface area (TPSA) is 59.2 Å². The molecule has 21 heavy (non-hydrogen) atoms. The summed E-state index contributed by atoms with van der Waals surface area (Å²) in [5.41, 5.74) is 3.56. The minimum Gasteiger partial charge on any atom is -0.466 e. The lowest BCUT2D eigenvalue weighted by Crippen LogP contribution is -2.14. The highest BCUT2D eigenvalue weighted by atomic mass is 16.5. The number of nitrogens with one attached hydrogen (secondary N) is 1. The maximum Gasteiger partial charge on any atom is 0.330 e. The molecule has 0 saturated carbocycles. The van der Waals surface area contributed by atoms with Crippen molar-refractivity contribution >= 4 is 16.9 Å². The number of rotatable bonds is 4. The molecule has 0 radical (unpaired) electrons. The van der Waals surface area contributed by atoms with E-state index < -0.39 is 5.97 Å². The van der Waals surface area contributed by atoms with Gasteiger partial charge >= 0.3 is 5.97 Å². The van der Waals surface area contributed by atoms with E-state index in [0.717, 1.165) is 22.9 Å². The summed E-state index contributed by atoms with van der Waals surface area (Å²) in [6, 6.07) is 6.12. The monoisotopic (exact) mass is 285 g/mol. The molecule has 0 aliphatic rings. The lowest BCUT2D eigenvalue weighted by molar-refractivity contribution is -0.134. The minimum absolute atomic E-state index is 0.109. The zero-order valence-electron chi connectivity index (χ0n) is 12.5. The summed E-state index contributed by atoms with van der Waals surface area (Å²) in [5, 5.41) is 1.04. The molecule has 110 valence electrons. The van der Waals surface area contributed by atoms with Crippen molar-refractivity contribution in [2.24, 2.45) is 0 Å². The number of esters is 1. The van der Waals surface area contributed by atoms with Gasteiger partial charge < -0.3 is 9.72 Å². The third-order valence-electron chi connectivity index (χ3n) is 3.65. The van der Waals surface area contributed by atoms with Crippen LogP contribution in [0.2, 0.25) is 0 Å². The summed E-state index contributed by atoms with van der Waals surface area (Å²) in [5.74, 6) is -0.419. The summed E-state index contributed by atoms with van der Waals surface area (Å²) < 4.78 is 4.53. The summed E-state index contributed by atoms with van der Waals surface area (Å²) in [6.45, 7) is 4.02. The zero-order chi connectivity index (χ0) is 15.4. The van der Waals surface area contributed by atoms with Crippen molar-refractivity contribution in [3.05, 3.63) is 57.4 Å². The van der Waals surface area contributed by atoms with Crippen LogP contribution < -0.4 is 5.56 Å². The van der Waals surface area contributed by atoms with Crippen molar-refractivity contribution in [1.29, 1.82) is 0 Å². The first-order chi connectivity index (χ1) is 10.1. The number of hydrogen-bond acceptors (Lipinski definition) is 3. The molecular formula is C17H19NO3. The predicted octanol–water partition coefficient (Wildman–Crippen LogP) is 2.67. The summed E-state index contributed by atoms with van der Waals surface area (Å²) in [4.78, 5) is 26.2. The van der Waals surface area contributed by atoms with Gasteiger partial charge in [0.05, 0.1) is 7.11 Å². The van der Waals surface area contributed by atoms with Crippen molar-refractivity contribution in [3.63, 3.8) is 0 Å². The van der Waals surface area contributed by atoms with E-state index >= 15 is 0 Å². The molecule has 2 aromatic rings. The Morgan fingerprint density at radius 3 is 2.81 bits per heavy atom. The van der Waals surface area contributed by atoms with E-state index in [0.29, 0.717) is 12.0 Å². The third-order valence-corrected chi connectivity index (χ3v) is 3.65. The fourth-order valence-corrected chi connectivity index (χ4v) is 2.36. The Morgan fingerprint density at radius 1 is 1.38 bits per heavy atom. The van der Waals surface area contributed by atoms with Crippen LogP contribution >= 0.6 is 0 Å². The Kier molecular flexibility index (Phi) is 4.58. The highest BCUT2D eigenvalue weighted by Gasteiger charge is 2.08. The van der Waals surface area contributed by atoms with Crippen molar-refractivity contribution in [1.82, 2.24) is 4.98 Å². The fraction of sp³-hybridized carbons (Fsp3) is 0.294. The number of pyridine rings is 1. The van der Waals surface area contributed by atoms with Crippen LogP contribution in [0.3, 0.4) is 0 Å². The molecule has 0 amide bonds. The fourth-order valence-electron chi connectivity index (χ4n) is 2.36. The second-order valence-corrected chi connectivity index (χ2v) is 4.92. The van der Waals surface area contributed by atoms with E-state index in [2.05, 4.69) is 22.7 Å². The largest absolute Gasteiger partial charge is 0.466 e. The van der Waals surface area contributed by atoms with Crippen LogP contribution in [0.5, 0.6) is 0 Å². The number of allylic oxidation sites excluding steroid dienone is 1. The lowest BCUT2D eigenvalue weighted by Gasteiger charge is -2.08. The molecule has 1 N–H and O–H groups in total. The number of benzene rings is 1. The molecule has 0 fully saturated rings. The predicted molar refractivity (Wildman–Crippen MR) is 83.5 cm³/mol. The Morgan fingerprint density at radius 2 is 2.14 bits per heavy atom. The Labute approximate surface area is 123 Å². The van der Waals surface area contributed by atoms with Crippen LogP contribution in [-0.4, -0.2) is 18.1 Å². The van der Waals surface area contributed by atoms with Gasteiger partial charge in [-0.05, 0) is 37.0 Å². The van der Waals surface area contributed by atoms with Crippen LogP contribution in [0, 0.1) is 6.92 Å². The molecule has 0 aliphatic carbocycles. The SMILES string of the molecule is CCc1ccc2c(C)c(CC=CC(=O)OC)c(=O)[nH]c2c1. The molecule has 4 nitrogen and oxygen atoms in total. The van der Waals surface area contributed by atoms with Gasteiger partial charge in [0.15, 0.2) is 0 Å². The molecule has 0 aliphatic heterocycles. The number of fused-ring (bicyclic) bond motifs is 1. The van der Waals surface area contributed by atoms with Crippen molar-refractivity contribution in [2.45, 2.75) is 26.7 Å². The molecular weight excluding hydrogens is 266 g/mol. The Hall–Kier alpha value is -2.36. The molecule has 1 heterocycles. The van der Waals surface area contributed by atoms with E-state index in [4.69, 9.17) is 0 Å². The highest BCUT2D eigenvalue weighted by molar-refractivity contribution is 5.84. The first-order valence-corrected chi connectivity index (χ1v) is 6.95. The van der Waals surface area contributed by atoms with E-state index in [1.165, 1.54) is 18.7 Å². The number of aromatic nitrogens is 1. The van der Waals surface area contributed by atoms with E-state index in [1.807, 2.05) is 19.1 Å². The van der Waals surface area contributed by atoms with Gasteiger partial charge in [-0.1, -0.05) is 25.1 Å². The Balaban J connectivity index is 2.44. The quantitative estimate of drug-likeness (QED) is 0.694. The number of hydrogen-bond donors (Lipinski definition) is 1. The number of H-pyrrole nitrogens is 1. The van der Waals surface area contributed by atoms with Crippen molar-refractivity contribution in [3.8, 4) is 0 Å². The summed E-state index contributed by atoms with van der Waals surface area (Å²) in [6.07, 6.45) is 4.32. The maximum absolute atomic E-state index is 12.2. The standard InChI is InChI=1S/C17H19NO3/c1-4-12-8-9-13-11(2)14(6-5-7-16(19)21-3)17(20)18-15(13)10-12/h5,7-10H,4,6H2,1-3H3,(H,18,20). The second-order valence-electron chi connectivity index (χ2n) is 4.92. The minimum atomic E-state index is -0.419. The molecule has 0 saturated heterocycles. The van der Waals surface area contributed by atoms with Gasteiger partial charge in [0.2, 0.25) is 0 Å². The van der Waals surface area contributed by atoms with E-state index in [-0.39, 0.29) is 5.56 Å². The normalized spacial score (nSPS) is 11.2. The van der Waals surface area contributed by atoms with Crippen molar-refractivity contribution < 1.29 is 9.53 Å². The molecule has 0 spiro atoms. The van der Waals surface area contributed by atoms with Crippen LogP contribution in [0.15, 0.2) is 35.1 Å². The van der Waals surface area contributed by atoms with Gasteiger partial charge in [0, 0.05) is 22.5 Å². The number of aryl methyl sites for hydroxylation is 2. The van der Waals surface area contributed by atoms with Gasteiger partial charge in [-0.15, -0.1) is 0 Å². The van der Waals surface area contributed by atoms with Crippen LogP contribution in [-0.2, 0) is 22.4 Å². The van der Waals surface area contributed by atoms with Crippen LogP contribution in [0.25, 0.3) is 10.9 Å². The van der Waals surface area contributed by atoms with Crippen LogP contribution in [0.1, 0.15) is 23.6 Å². The van der Waals surface area contributed by atoms with Crippen LogP contribution in [0.4, 0.5) is 0 Å². The number of aromatic amines is 1. The van der Waals surface area contributed by atoms with E-state index in [1.54, 1.807) is 6.08 Å². The number of ether oxygens (including phenoxy) is 1. The molecule has 2 rings (SSSR count). The van der Waals surface area contributed by atoms with Gasteiger partial charge in [-0.2, -0.15) is 0 Å². The maximum atomic E-state index is 12.2. The average Bonchev–Trinajstić information content (AvgIpc) is 2.49. The van der Waals surface area contributed by atoms with Gasteiger partial charge in [-0.25, -0.2) is 4.79 Å². The lowest BCUT2D eigenvalue weighted by atomic mass is 10.0. The first-order valence-electron chi connectivity index (χ1n) is 6.95. The average molecular weight is 285 g/mol. The van der Waals surface area contributed by atoms with E-state index in [9.17, 15) is 9.59 Å². The molecule has 1 aromatic carbocycles. The number of methoxy groups -OCH3 is 1. The molecule has 1 aromatic heterocycles. The molecule has 4 heteroatoms. The zero-order valence-corrected chi connectivity index (χ0v) is 12.5. The molecule has 0 atom stereocenters. The number of carbonyl (C=O) groups is 1.